The van der Waals surface area contributed by atoms with Crippen LogP contribution < -0.4 is 5.56 Å². The molecule has 2 aliphatic rings. The van der Waals surface area contributed by atoms with Gasteiger partial charge < -0.3 is 9.64 Å². The van der Waals surface area contributed by atoms with E-state index in [4.69, 9.17) is 9.72 Å². The Morgan fingerprint density at radius 3 is 2.59 bits per heavy atom. The van der Waals surface area contributed by atoms with Gasteiger partial charge in [-0.3, -0.25) is 14.2 Å². The van der Waals surface area contributed by atoms with Crippen molar-refractivity contribution in [2.45, 2.75) is 54.7 Å². The maximum absolute atomic E-state index is 13.2. The zero-order valence-corrected chi connectivity index (χ0v) is 18.5. The Bertz CT molecular complexity index is 954. The molecule has 4 rings (SSSR count). The molecular formula is C21H25N3O3S2. The van der Waals surface area contributed by atoms with Gasteiger partial charge in [0.2, 0.25) is 5.91 Å². The lowest BCUT2D eigenvalue weighted by molar-refractivity contribution is -0.140. The van der Waals surface area contributed by atoms with Gasteiger partial charge in [-0.1, -0.05) is 36.9 Å². The Hall–Kier alpha value is -1.77. The average Bonchev–Trinajstić information content (AvgIpc) is 3.06. The number of benzene rings is 1. The van der Waals surface area contributed by atoms with Crippen molar-refractivity contribution in [2.75, 3.05) is 18.8 Å². The van der Waals surface area contributed by atoms with Gasteiger partial charge in [0, 0.05) is 24.8 Å². The number of para-hydroxylation sites is 1. The smallest absolute Gasteiger partial charge is 0.272 e. The van der Waals surface area contributed by atoms with E-state index in [2.05, 4.69) is 6.92 Å². The summed E-state index contributed by atoms with van der Waals surface area (Å²) in [6.07, 6.45) is 0.851. The Labute approximate surface area is 179 Å². The molecule has 0 N–H and O–H groups in total. The summed E-state index contributed by atoms with van der Waals surface area (Å²) in [5.74, 6) is 0.300. The quantitative estimate of drug-likeness (QED) is 0.548. The van der Waals surface area contributed by atoms with Gasteiger partial charge in [0.05, 0.1) is 34.2 Å². The van der Waals surface area contributed by atoms with E-state index in [1.54, 1.807) is 16.3 Å². The fourth-order valence-corrected chi connectivity index (χ4v) is 5.83. The van der Waals surface area contributed by atoms with Crippen molar-refractivity contribution >= 4 is 29.4 Å². The van der Waals surface area contributed by atoms with Crippen molar-refractivity contribution in [1.82, 2.24) is 14.5 Å². The molecule has 1 amide bonds. The van der Waals surface area contributed by atoms with Crippen molar-refractivity contribution in [2.24, 2.45) is 0 Å². The van der Waals surface area contributed by atoms with E-state index >= 15 is 0 Å². The number of carbonyl (C=O) groups is 1. The number of morpholine rings is 1. The number of rotatable bonds is 4. The summed E-state index contributed by atoms with van der Waals surface area (Å²) in [6, 6.07) is 9.52. The fraction of sp³-hybridized carbons (Fsp3) is 0.476. The third-order valence-electron chi connectivity index (χ3n) is 4.99. The first-order valence-corrected chi connectivity index (χ1v) is 11.7. The highest BCUT2D eigenvalue weighted by molar-refractivity contribution is 8.00. The molecule has 0 aliphatic carbocycles. The maximum Gasteiger partial charge on any atom is 0.272 e. The van der Waals surface area contributed by atoms with Crippen molar-refractivity contribution in [3.8, 4) is 5.69 Å². The van der Waals surface area contributed by atoms with Crippen LogP contribution in [0.3, 0.4) is 0 Å². The van der Waals surface area contributed by atoms with Crippen LogP contribution in [0, 0.1) is 0 Å². The first-order chi connectivity index (χ1) is 13.9. The van der Waals surface area contributed by atoms with Crippen LogP contribution in [0.4, 0.5) is 0 Å². The molecule has 0 saturated carbocycles. The summed E-state index contributed by atoms with van der Waals surface area (Å²) >= 11 is 2.93. The average molecular weight is 432 g/mol. The second-order valence-electron chi connectivity index (χ2n) is 7.62. The lowest BCUT2D eigenvalue weighted by atomic mass is 10.2. The lowest BCUT2D eigenvalue weighted by Gasteiger charge is -2.35. The molecule has 2 aromatic rings. The molecule has 3 atom stereocenters. The number of thioether (sulfide) groups is 2. The van der Waals surface area contributed by atoms with E-state index < -0.39 is 0 Å². The Kier molecular flexibility index (Phi) is 6.03. The van der Waals surface area contributed by atoms with Crippen LogP contribution in [-0.4, -0.2) is 56.7 Å². The van der Waals surface area contributed by atoms with Gasteiger partial charge in [0.25, 0.3) is 5.56 Å². The third-order valence-corrected chi connectivity index (χ3v) is 7.13. The molecule has 3 heterocycles. The minimum Gasteiger partial charge on any atom is -0.372 e. The van der Waals surface area contributed by atoms with E-state index in [1.807, 2.05) is 49.1 Å². The molecule has 154 valence electrons. The predicted octanol–water partition coefficient (Wildman–Crippen LogP) is 3.00. The number of nitrogens with zero attached hydrogens (tertiary/aromatic N) is 3. The van der Waals surface area contributed by atoms with Crippen molar-refractivity contribution in [1.29, 1.82) is 0 Å². The van der Waals surface area contributed by atoms with Crippen LogP contribution in [0.5, 0.6) is 0 Å². The maximum atomic E-state index is 13.2. The number of amides is 1. The van der Waals surface area contributed by atoms with Gasteiger partial charge in [-0.2, -0.15) is 0 Å². The third kappa shape index (κ3) is 4.39. The van der Waals surface area contributed by atoms with E-state index in [9.17, 15) is 9.59 Å². The summed E-state index contributed by atoms with van der Waals surface area (Å²) in [5, 5.41) is 0.921. The zero-order chi connectivity index (χ0) is 20.5. The molecular weight excluding hydrogens is 406 g/mol. The molecule has 3 unspecified atom stereocenters. The molecule has 0 bridgehead atoms. The largest absolute Gasteiger partial charge is 0.372 e. The van der Waals surface area contributed by atoms with E-state index in [1.165, 1.54) is 11.8 Å². The lowest BCUT2D eigenvalue weighted by Crippen LogP contribution is -2.48. The van der Waals surface area contributed by atoms with Crippen molar-refractivity contribution in [3.05, 3.63) is 46.4 Å². The zero-order valence-electron chi connectivity index (χ0n) is 16.8. The van der Waals surface area contributed by atoms with Gasteiger partial charge in [-0.05, 0) is 26.0 Å². The molecule has 6 nitrogen and oxygen atoms in total. The number of ether oxygens (including phenoxy) is 1. The number of aromatic nitrogens is 2. The topological polar surface area (TPSA) is 64.4 Å². The molecule has 2 aliphatic heterocycles. The van der Waals surface area contributed by atoms with Gasteiger partial charge in [0.15, 0.2) is 5.16 Å². The van der Waals surface area contributed by atoms with Gasteiger partial charge in [0.1, 0.15) is 0 Å². The van der Waals surface area contributed by atoms with Crippen LogP contribution in [0.1, 0.15) is 26.5 Å². The second kappa shape index (κ2) is 8.53. The number of hydrogen-bond donors (Lipinski definition) is 0. The molecule has 29 heavy (non-hydrogen) atoms. The van der Waals surface area contributed by atoms with Crippen LogP contribution in [0.15, 0.2) is 45.2 Å². The van der Waals surface area contributed by atoms with E-state index in [-0.39, 0.29) is 29.4 Å². The normalized spacial score (nSPS) is 23.8. The number of hydrogen-bond acceptors (Lipinski definition) is 6. The molecule has 1 fully saturated rings. The summed E-state index contributed by atoms with van der Waals surface area (Å²) < 4.78 is 7.37. The second-order valence-corrected chi connectivity index (χ2v) is 10.0. The Morgan fingerprint density at radius 1 is 1.21 bits per heavy atom. The summed E-state index contributed by atoms with van der Waals surface area (Å²) in [7, 11) is 0. The Balaban J connectivity index is 1.61. The standard InChI is InChI=1S/C21H25N3O3S2/c1-13-10-23(11-14(2)27-13)18(25)12-28-21-22-17-9-15(3)29-19(17)20(26)24(21)16-7-5-4-6-8-16/h4-8,13-15H,9-12H2,1-3H3. The predicted molar refractivity (Wildman–Crippen MR) is 116 cm³/mol. The molecule has 8 heteroatoms. The van der Waals surface area contributed by atoms with Crippen LogP contribution in [0.25, 0.3) is 5.69 Å². The SMILES string of the molecule is CC1CN(C(=O)CSc2nc3c(c(=O)n2-c2ccccc2)SC(C)C3)CC(C)O1. The van der Waals surface area contributed by atoms with E-state index in [0.29, 0.717) is 23.5 Å². The molecule has 1 saturated heterocycles. The summed E-state index contributed by atoms with van der Waals surface area (Å²) in [4.78, 5) is 33.4. The van der Waals surface area contributed by atoms with Crippen LogP contribution in [-0.2, 0) is 16.0 Å². The minimum absolute atomic E-state index is 0.0341. The summed E-state index contributed by atoms with van der Waals surface area (Å²) in [5.41, 5.74) is 1.58. The monoisotopic (exact) mass is 431 g/mol. The van der Waals surface area contributed by atoms with Crippen LogP contribution >= 0.6 is 23.5 Å². The first-order valence-electron chi connectivity index (χ1n) is 9.86. The van der Waals surface area contributed by atoms with Gasteiger partial charge in [-0.15, -0.1) is 11.8 Å². The molecule has 0 radical (unpaired) electrons. The molecule has 1 aromatic carbocycles. The highest BCUT2D eigenvalue weighted by atomic mass is 32.2. The van der Waals surface area contributed by atoms with Gasteiger partial charge in [-0.25, -0.2) is 4.98 Å². The highest BCUT2D eigenvalue weighted by Crippen LogP contribution is 2.34. The molecule has 0 spiro atoms. The van der Waals surface area contributed by atoms with Gasteiger partial charge >= 0.3 is 0 Å². The molecule has 1 aromatic heterocycles. The van der Waals surface area contributed by atoms with Crippen molar-refractivity contribution in [3.63, 3.8) is 0 Å². The fourth-order valence-electron chi connectivity index (χ4n) is 3.80. The summed E-state index contributed by atoms with van der Waals surface area (Å²) in [6.45, 7) is 7.27. The van der Waals surface area contributed by atoms with E-state index in [0.717, 1.165) is 22.7 Å². The van der Waals surface area contributed by atoms with Crippen LogP contribution in [0.2, 0.25) is 0 Å². The Morgan fingerprint density at radius 2 is 1.90 bits per heavy atom. The highest BCUT2D eigenvalue weighted by Gasteiger charge is 2.29. The first kappa shape index (κ1) is 20.5. The number of carbonyl (C=O) groups excluding carboxylic acids is 1. The number of fused-ring (bicyclic) bond motifs is 1. The van der Waals surface area contributed by atoms with Crippen molar-refractivity contribution < 1.29 is 9.53 Å². The minimum atomic E-state index is -0.0425.